The van der Waals surface area contributed by atoms with Gasteiger partial charge in [-0.1, -0.05) is 24.3 Å². The molecule has 1 aromatic heterocycles. The molecule has 3 N–H and O–H groups in total. The van der Waals surface area contributed by atoms with Gasteiger partial charge >= 0.3 is 0 Å². The lowest BCUT2D eigenvalue weighted by atomic mass is 10.1. The normalized spacial score (nSPS) is 16.2. The minimum atomic E-state index is 0.174. The van der Waals surface area contributed by atoms with Crippen molar-refractivity contribution in [1.82, 2.24) is 19.9 Å². The van der Waals surface area contributed by atoms with Crippen LogP contribution in [0.15, 0.2) is 24.3 Å². The molecule has 1 aliphatic rings. The zero-order valence-corrected chi connectivity index (χ0v) is 14.9. The first kappa shape index (κ1) is 17.6. The van der Waals surface area contributed by atoms with Crippen LogP contribution in [-0.2, 0) is 13.0 Å². The van der Waals surface area contributed by atoms with Crippen molar-refractivity contribution in [3.8, 4) is 0 Å². The largest absolute Gasteiger partial charge is 0.396 e. The second-order valence-electron chi connectivity index (χ2n) is 6.61. The average Bonchev–Trinajstić information content (AvgIpc) is 3.02. The molecule has 1 atom stereocenters. The molecule has 0 fully saturated rings. The third-order valence-corrected chi connectivity index (χ3v) is 4.58. The van der Waals surface area contributed by atoms with E-state index in [9.17, 15) is 5.11 Å². The van der Waals surface area contributed by atoms with Crippen LogP contribution in [0.25, 0.3) is 0 Å². The molecule has 0 saturated carbocycles. The Morgan fingerprint density at radius 2 is 2.00 bits per heavy atom. The molecule has 0 spiro atoms. The molecule has 7 nitrogen and oxygen atoms in total. The molecule has 3 rings (SSSR count). The molecular formula is C18H26N6O. The Morgan fingerprint density at radius 1 is 1.20 bits per heavy atom. The monoisotopic (exact) mass is 342 g/mol. The van der Waals surface area contributed by atoms with Gasteiger partial charge < -0.3 is 15.7 Å². The molecule has 0 saturated heterocycles. The van der Waals surface area contributed by atoms with Crippen molar-refractivity contribution in [2.24, 2.45) is 0 Å². The number of aliphatic hydroxyl groups excluding tert-OH is 1. The van der Waals surface area contributed by atoms with E-state index in [1.165, 1.54) is 11.1 Å². The van der Waals surface area contributed by atoms with Crippen molar-refractivity contribution >= 4 is 11.9 Å². The molecule has 0 aliphatic heterocycles. The lowest BCUT2D eigenvalue weighted by Crippen LogP contribution is -2.30. The Morgan fingerprint density at radius 3 is 2.76 bits per heavy atom. The predicted octanol–water partition coefficient (Wildman–Crippen LogP) is 1.39. The van der Waals surface area contributed by atoms with E-state index >= 15 is 0 Å². The van der Waals surface area contributed by atoms with Crippen molar-refractivity contribution in [1.29, 1.82) is 0 Å². The Bertz CT molecular complexity index is 720. The van der Waals surface area contributed by atoms with Gasteiger partial charge in [0.2, 0.25) is 11.9 Å². The molecule has 0 radical (unpaired) electrons. The number of benzene rings is 1. The standard InChI is InChI=1S/C18H26N6O/c1-23(2)18-21-16(20-17(19)22-18)12-24(10-5-11-25)15-9-8-13-6-3-4-7-14(13)15/h3-4,6-7,15,25H,5,8-12H2,1-2H3,(H2,19,20,21,22). The number of aliphatic hydroxyl groups is 1. The quantitative estimate of drug-likeness (QED) is 0.785. The van der Waals surface area contributed by atoms with Crippen LogP contribution >= 0.6 is 0 Å². The van der Waals surface area contributed by atoms with Crippen LogP contribution in [0.5, 0.6) is 0 Å². The summed E-state index contributed by atoms with van der Waals surface area (Å²) in [7, 11) is 3.77. The molecule has 1 heterocycles. The Balaban J connectivity index is 1.85. The molecule has 1 aliphatic carbocycles. The summed E-state index contributed by atoms with van der Waals surface area (Å²) in [6.07, 6.45) is 2.88. The van der Waals surface area contributed by atoms with Gasteiger partial charge in [-0.15, -0.1) is 0 Å². The fourth-order valence-corrected chi connectivity index (χ4v) is 3.41. The first-order valence-corrected chi connectivity index (χ1v) is 8.69. The maximum atomic E-state index is 9.29. The molecule has 134 valence electrons. The van der Waals surface area contributed by atoms with E-state index in [0.717, 1.165) is 25.8 Å². The number of aromatic nitrogens is 3. The third kappa shape index (κ3) is 4.05. The molecule has 7 heteroatoms. The van der Waals surface area contributed by atoms with E-state index in [-0.39, 0.29) is 12.6 Å². The van der Waals surface area contributed by atoms with Crippen LogP contribution in [0.3, 0.4) is 0 Å². The molecular weight excluding hydrogens is 316 g/mol. The summed E-state index contributed by atoms with van der Waals surface area (Å²) in [4.78, 5) is 17.2. The molecule has 2 aromatic rings. The number of nitrogens with zero attached hydrogens (tertiary/aromatic N) is 5. The van der Waals surface area contributed by atoms with Gasteiger partial charge in [0.15, 0.2) is 0 Å². The van der Waals surface area contributed by atoms with E-state index in [4.69, 9.17) is 5.73 Å². The third-order valence-electron chi connectivity index (χ3n) is 4.58. The summed E-state index contributed by atoms with van der Waals surface area (Å²) >= 11 is 0. The number of hydrogen-bond acceptors (Lipinski definition) is 7. The van der Waals surface area contributed by atoms with E-state index < -0.39 is 0 Å². The van der Waals surface area contributed by atoms with Crippen LogP contribution in [0, 0.1) is 0 Å². The molecule has 1 aromatic carbocycles. The van der Waals surface area contributed by atoms with E-state index in [0.29, 0.717) is 24.4 Å². The van der Waals surface area contributed by atoms with Crippen molar-refractivity contribution in [3.05, 3.63) is 41.2 Å². The Hall–Kier alpha value is -2.25. The summed E-state index contributed by atoms with van der Waals surface area (Å²) in [5.74, 6) is 1.47. The van der Waals surface area contributed by atoms with Gasteiger partial charge in [-0.2, -0.15) is 15.0 Å². The van der Waals surface area contributed by atoms with Crippen LogP contribution in [0.2, 0.25) is 0 Å². The van der Waals surface area contributed by atoms with Gasteiger partial charge in [0.1, 0.15) is 5.82 Å². The Kier molecular flexibility index (Phi) is 5.45. The average molecular weight is 342 g/mol. The summed E-state index contributed by atoms with van der Waals surface area (Å²) in [6.45, 7) is 1.55. The molecule has 25 heavy (non-hydrogen) atoms. The zero-order valence-electron chi connectivity index (χ0n) is 14.9. The number of rotatable bonds is 7. The van der Waals surface area contributed by atoms with Crippen molar-refractivity contribution in [3.63, 3.8) is 0 Å². The summed E-state index contributed by atoms with van der Waals surface area (Å²) in [6, 6.07) is 8.90. The topological polar surface area (TPSA) is 91.4 Å². The first-order chi connectivity index (χ1) is 12.1. The van der Waals surface area contributed by atoms with E-state index in [1.54, 1.807) is 0 Å². The van der Waals surface area contributed by atoms with Gasteiger partial charge in [0.05, 0.1) is 6.54 Å². The minimum Gasteiger partial charge on any atom is -0.396 e. The highest BCUT2D eigenvalue weighted by molar-refractivity contribution is 5.35. The first-order valence-electron chi connectivity index (χ1n) is 8.69. The smallest absolute Gasteiger partial charge is 0.229 e. The fourth-order valence-electron chi connectivity index (χ4n) is 3.41. The van der Waals surface area contributed by atoms with Crippen LogP contribution < -0.4 is 10.6 Å². The highest BCUT2D eigenvalue weighted by Crippen LogP contribution is 2.36. The van der Waals surface area contributed by atoms with Crippen molar-refractivity contribution in [2.45, 2.75) is 31.8 Å². The van der Waals surface area contributed by atoms with Crippen molar-refractivity contribution < 1.29 is 5.11 Å². The number of fused-ring (bicyclic) bond motifs is 1. The van der Waals surface area contributed by atoms with Crippen LogP contribution in [-0.4, -0.2) is 52.2 Å². The molecule has 0 amide bonds. The number of aryl methyl sites for hydroxylation is 1. The lowest BCUT2D eigenvalue weighted by Gasteiger charge is -2.29. The van der Waals surface area contributed by atoms with E-state index in [1.807, 2.05) is 19.0 Å². The minimum absolute atomic E-state index is 0.174. The number of hydrogen-bond donors (Lipinski definition) is 2. The maximum absolute atomic E-state index is 9.29. The lowest BCUT2D eigenvalue weighted by molar-refractivity contribution is 0.162. The van der Waals surface area contributed by atoms with Gasteiger partial charge in [-0.25, -0.2) is 0 Å². The molecule has 1 unspecified atom stereocenters. The SMILES string of the molecule is CN(C)c1nc(N)nc(CN(CCCO)C2CCc3ccccc32)n1. The number of nitrogens with two attached hydrogens (primary N) is 1. The number of anilines is 2. The highest BCUT2D eigenvalue weighted by atomic mass is 16.3. The predicted molar refractivity (Wildman–Crippen MR) is 98.2 cm³/mol. The molecule has 0 bridgehead atoms. The summed E-state index contributed by atoms with van der Waals surface area (Å²) < 4.78 is 0. The zero-order chi connectivity index (χ0) is 17.8. The summed E-state index contributed by atoms with van der Waals surface area (Å²) in [5, 5.41) is 9.29. The van der Waals surface area contributed by atoms with Gasteiger partial charge in [-0.05, 0) is 30.4 Å². The fraction of sp³-hybridized carbons (Fsp3) is 0.500. The maximum Gasteiger partial charge on any atom is 0.229 e. The second kappa shape index (κ2) is 7.76. The Labute approximate surface area is 148 Å². The van der Waals surface area contributed by atoms with Gasteiger partial charge in [0, 0.05) is 33.3 Å². The van der Waals surface area contributed by atoms with Crippen LogP contribution in [0.1, 0.15) is 35.8 Å². The number of nitrogen functional groups attached to an aromatic ring is 1. The van der Waals surface area contributed by atoms with Gasteiger partial charge in [0.25, 0.3) is 0 Å². The van der Waals surface area contributed by atoms with E-state index in [2.05, 4.69) is 44.1 Å². The van der Waals surface area contributed by atoms with Gasteiger partial charge in [-0.3, -0.25) is 4.90 Å². The van der Waals surface area contributed by atoms with Crippen LogP contribution in [0.4, 0.5) is 11.9 Å². The summed E-state index contributed by atoms with van der Waals surface area (Å²) in [5.41, 5.74) is 8.63. The highest BCUT2D eigenvalue weighted by Gasteiger charge is 2.28. The second-order valence-corrected chi connectivity index (χ2v) is 6.61. The van der Waals surface area contributed by atoms with Crippen molar-refractivity contribution in [2.75, 3.05) is 37.9 Å².